The van der Waals surface area contributed by atoms with Crippen LogP contribution in [0.2, 0.25) is 0 Å². The predicted molar refractivity (Wildman–Crippen MR) is 53.2 cm³/mol. The Bertz CT molecular complexity index is 255. The summed E-state index contributed by atoms with van der Waals surface area (Å²) < 4.78 is 5.35. The Morgan fingerprint density at radius 3 is 2.69 bits per heavy atom. The summed E-state index contributed by atoms with van der Waals surface area (Å²) in [5.74, 6) is 0.983. The third kappa shape index (κ3) is 2.86. The summed E-state index contributed by atoms with van der Waals surface area (Å²) in [4.78, 5) is 2.22. The van der Waals surface area contributed by atoms with Gasteiger partial charge in [-0.2, -0.15) is 0 Å². The minimum absolute atomic E-state index is 0.534. The van der Waals surface area contributed by atoms with Crippen LogP contribution in [0.5, 0.6) is 0 Å². The van der Waals surface area contributed by atoms with Crippen molar-refractivity contribution in [2.24, 2.45) is 5.73 Å². The zero-order chi connectivity index (χ0) is 9.84. The summed E-state index contributed by atoms with van der Waals surface area (Å²) in [6, 6.07) is 2.55. The molecule has 0 saturated carbocycles. The molecular weight excluding hydrogens is 164 g/mol. The first-order chi connectivity index (χ1) is 6.13. The van der Waals surface area contributed by atoms with Crippen molar-refractivity contribution in [3.8, 4) is 0 Å². The van der Waals surface area contributed by atoms with Crippen LogP contribution in [-0.2, 0) is 13.1 Å². The molecule has 0 atom stereocenters. The molecule has 1 aromatic rings. The number of rotatable bonds is 4. The highest BCUT2D eigenvalue weighted by atomic mass is 16.3. The molecule has 0 amide bonds. The van der Waals surface area contributed by atoms with Crippen molar-refractivity contribution in [1.29, 1.82) is 0 Å². The molecule has 0 unspecified atom stereocenters. The van der Waals surface area contributed by atoms with Crippen LogP contribution in [0.15, 0.2) is 16.7 Å². The number of nitrogens with two attached hydrogens (primary N) is 1. The van der Waals surface area contributed by atoms with Gasteiger partial charge in [0.05, 0.1) is 12.8 Å². The van der Waals surface area contributed by atoms with Crippen LogP contribution in [-0.4, -0.2) is 18.0 Å². The molecule has 2 N–H and O–H groups in total. The lowest BCUT2D eigenvalue weighted by atomic mass is 10.3. The third-order valence-corrected chi connectivity index (χ3v) is 2.23. The average Bonchev–Trinajstić information content (AvgIpc) is 2.52. The van der Waals surface area contributed by atoms with Gasteiger partial charge in [0.1, 0.15) is 5.76 Å². The second kappa shape index (κ2) is 4.44. The maximum Gasteiger partial charge on any atom is 0.118 e. The van der Waals surface area contributed by atoms with Crippen molar-refractivity contribution in [1.82, 2.24) is 4.90 Å². The number of hydrogen-bond donors (Lipinski definition) is 1. The van der Waals surface area contributed by atoms with E-state index in [2.05, 4.69) is 25.8 Å². The lowest BCUT2D eigenvalue weighted by molar-refractivity contribution is 0.244. The second-order valence-electron chi connectivity index (χ2n) is 3.63. The minimum Gasteiger partial charge on any atom is -0.468 e. The standard InChI is InChI=1S/C10H18N2O/c1-8(2)12(3)6-10-4-9(5-11)7-13-10/h4,7-8H,5-6,11H2,1-3H3. The van der Waals surface area contributed by atoms with Gasteiger partial charge in [-0.25, -0.2) is 0 Å². The van der Waals surface area contributed by atoms with E-state index in [9.17, 15) is 0 Å². The fourth-order valence-corrected chi connectivity index (χ4v) is 1.04. The Morgan fingerprint density at radius 2 is 2.23 bits per heavy atom. The first-order valence-corrected chi connectivity index (χ1v) is 4.60. The highest BCUT2D eigenvalue weighted by Crippen LogP contribution is 2.10. The van der Waals surface area contributed by atoms with E-state index < -0.39 is 0 Å². The third-order valence-electron chi connectivity index (χ3n) is 2.23. The fourth-order valence-electron chi connectivity index (χ4n) is 1.04. The average molecular weight is 182 g/mol. The van der Waals surface area contributed by atoms with E-state index in [4.69, 9.17) is 10.2 Å². The van der Waals surface area contributed by atoms with Crippen molar-refractivity contribution in [2.75, 3.05) is 7.05 Å². The van der Waals surface area contributed by atoms with Gasteiger partial charge in [0, 0.05) is 18.2 Å². The maximum absolute atomic E-state index is 5.48. The van der Waals surface area contributed by atoms with Crippen molar-refractivity contribution in [3.05, 3.63) is 23.7 Å². The van der Waals surface area contributed by atoms with Gasteiger partial charge in [0.2, 0.25) is 0 Å². The fraction of sp³-hybridized carbons (Fsp3) is 0.600. The van der Waals surface area contributed by atoms with E-state index in [-0.39, 0.29) is 0 Å². The molecule has 1 heterocycles. The van der Waals surface area contributed by atoms with E-state index in [1.807, 2.05) is 6.07 Å². The van der Waals surface area contributed by atoms with Gasteiger partial charge in [-0.1, -0.05) is 0 Å². The molecule has 0 bridgehead atoms. The van der Waals surface area contributed by atoms with Gasteiger partial charge in [-0.3, -0.25) is 4.90 Å². The summed E-state index contributed by atoms with van der Waals surface area (Å²) in [5, 5.41) is 0. The topological polar surface area (TPSA) is 42.4 Å². The van der Waals surface area contributed by atoms with Gasteiger partial charge in [-0.05, 0) is 27.0 Å². The van der Waals surface area contributed by atoms with Gasteiger partial charge >= 0.3 is 0 Å². The predicted octanol–water partition coefficient (Wildman–Crippen LogP) is 1.58. The molecule has 0 aliphatic rings. The maximum atomic E-state index is 5.48. The van der Waals surface area contributed by atoms with Gasteiger partial charge in [0.25, 0.3) is 0 Å². The van der Waals surface area contributed by atoms with E-state index >= 15 is 0 Å². The van der Waals surface area contributed by atoms with Crippen molar-refractivity contribution < 1.29 is 4.42 Å². The monoisotopic (exact) mass is 182 g/mol. The lowest BCUT2D eigenvalue weighted by Crippen LogP contribution is -2.25. The number of nitrogens with zero attached hydrogens (tertiary/aromatic N) is 1. The highest BCUT2D eigenvalue weighted by molar-refractivity contribution is 5.12. The van der Waals surface area contributed by atoms with Gasteiger partial charge in [-0.15, -0.1) is 0 Å². The van der Waals surface area contributed by atoms with E-state index in [1.54, 1.807) is 6.26 Å². The molecule has 3 heteroatoms. The Hall–Kier alpha value is -0.800. The smallest absolute Gasteiger partial charge is 0.118 e. The van der Waals surface area contributed by atoms with Gasteiger partial charge < -0.3 is 10.2 Å². The highest BCUT2D eigenvalue weighted by Gasteiger charge is 2.07. The molecule has 0 spiro atoms. The Kier molecular flexibility index (Phi) is 3.51. The Labute approximate surface area is 79.5 Å². The molecule has 0 fully saturated rings. The Balaban J connectivity index is 2.53. The SMILES string of the molecule is CC(C)N(C)Cc1cc(CN)co1. The molecule has 74 valence electrons. The van der Waals surface area contributed by atoms with Crippen molar-refractivity contribution in [3.63, 3.8) is 0 Å². The van der Waals surface area contributed by atoms with Crippen LogP contribution in [0.4, 0.5) is 0 Å². The van der Waals surface area contributed by atoms with Crippen LogP contribution in [0.1, 0.15) is 25.2 Å². The van der Waals surface area contributed by atoms with Crippen molar-refractivity contribution in [2.45, 2.75) is 33.0 Å². The summed E-state index contributed by atoms with van der Waals surface area (Å²) >= 11 is 0. The van der Waals surface area contributed by atoms with Crippen LogP contribution in [0.25, 0.3) is 0 Å². The quantitative estimate of drug-likeness (QED) is 0.768. The second-order valence-corrected chi connectivity index (χ2v) is 3.63. The molecule has 0 aliphatic carbocycles. The van der Waals surface area contributed by atoms with E-state index in [0.717, 1.165) is 17.9 Å². The van der Waals surface area contributed by atoms with Crippen LogP contribution in [0, 0.1) is 0 Å². The molecule has 1 aromatic heterocycles. The largest absolute Gasteiger partial charge is 0.468 e. The van der Waals surface area contributed by atoms with E-state index in [1.165, 1.54) is 0 Å². The first kappa shape index (κ1) is 10.3. The lowest BCUT2D eigenvalue weighted by Gasteiger charge is -2.19. The first-order valence-electron chi connectivity index (χ1n) is 4.60. The zero-order valence-electron chi connectivity index (χ0n) is 8.58. The Morgan fingerprint density at radius 1 is 1.54 bits per heavy atom. The molecular formula is C10H18N2O. The summed E-state index contributed by atoms with van der Waals surface area (Å²) in [6.07, 6.45) is 1.73. The van der Waals surface area contributed by atoms with Crippen molar-refractivity contribution >= 4 is 0 Å². The molecule has 3 nitrogen and oxygen atoms in total. The number of hydrogen-bond acceptors (Lipinski definition) is 3. The molecule has 13 heavy (non-hydrogen) atoms. The van der Waals surface area contributed by atoms with Crippen LogP contribution in [0.3, 0.4) is 0 Å². The summed E-state index contributed by atoms with van der Waals surface area (Å²) in [5.41, 5.74) is 6.54. The van der Waals surface area contributed by atoms with Crippen LogP contribution >= 0.6 is 0 Å². The summed E-state index contributed by atoms with van der Waals surface area (Å²) in [7, 11) is 2.08. The molecule has 0 radical (unpaired) electrons. The minimum atomic E-state index is 0.534. The van der Waals surface area contributed by atoms with E-state index in [0.29, 0.717) is 12.6 Å². The van der Waals surface area contributed by atoms with Gasteiger partial charge in [0.15, 0.2) is 0 Å². The molecule has 0 saturated heterocycles. The molecule has 0 aromatic carbocycles. The van der Waals surface area contributed by atoms with Crippen LogP contribution < -0.4 is 5.73 Å². The normalized spacial score (nSPS) is 11.5. The summed E-state index contributed by atoms with van der Waals surface area (Å²) in [6.45, 7) is 5.71. The number of furan rings is 1. The molecule has 1 rings (SSSR count). The molecule has 0 aliphatic heterocycles. The zero-order valence-corrected chi connectivity index (χ0v) is 8.58.